The Balaban J connectivity index is 2.21. The van der Waals surface area contributed by atoms with Crippen LogP contribution in [0.25, 0.3) is 0 Å². The second-order valence-corrected chi connectivity index (χ2v) is 6.08. The Morgan fingerprint density at radius 1 is 1.33 bits per heavy atom. The highest BCUT2D eigenvalue weighted by Crippen LogP contribution is 2.39. The first-order valence-electron chi connectivity index (χ1n) is 5.72. The van der Waals surface area contributed by atoms with E-state index in [1.54, 1.807) is 0 Å². The average Bonchev–Trinajstić information content (AvgIpc) is 2.22. The van der Waals surface area contributed by atoms with Crippen molar-refractivity contribution in [1.29, 1.82) is 0 Å². The summed E-state index contributed by atoms with van der Waals surface area (Å²) in [4.78, 5) is 5.00. The molecule has 0 radical (unpaired) electrons. The molecule has 1 aliphatic carbocycles. The summed E-state index contributed by atoms with van der Waals surface area (Å²) in [5.74, 6) is 1.48. The van der Waals surface area contributed by atoms with Gasteiger partial charge in [-0.25, -0.2) is 0 Å². The van der Waals surface area contributed by atoms with Crippen molar-refractivity contribution in [2.45, 2.75) is 43.9 Å². The minimum absolute atomic E-state index is 0.690. The van der Waals surface area contributed by atoms with Crippen molar-refractivity contribution in [2.75, 3.05) is 0 Å². The van der Waals surface area contributed by atoms with E-state index in [0.29, 0.717) is 10.7 Å². The molecule has 2 heteroatoms. The Morgan fingerprint density at radius 2 is 2.13 bits per heavy atom. The van der Waals surface area contributed by atoms with Crippen LogP contribution in [0, 0.1) is 12.8 Å². The van der Waals surface area contributed by atoms with E-state index in [9.17, 15) is 0 Å². The summed E-state index contributed by atoms with van der Waals surface area (Å²) >= 11 is 3.75. The van der Waals surface area contributed by atoms with E-state index >= 15 is 0 Å². The van der Waals surface area contributed by atoms with Crippen LogP contribution in [0.3, 0.4) is 0 Å². The van der Waals surface area contributed by atoms with Gasteiger partial charge in [0.15, 0.2) is 0 Å². The summed E-state index contributed by atoms with van der Waals surface area (Å²) in [6.07, 6.45) is 7.87. The predicted octanol–water partition coefficient (Wildman–Crippen LogP) is 4.06. The van der Waals surface area contributed by atoms with Gasteiger partial charge >= 0.3 is 0 Å². The van der Waals surface area contributed by atoms with E-state index in [1.807, 2.05) is 12.4 Å². The van der Waals surface area contributed by atoms with Gasteiger partial charge in [-0.1, -0.05) is 28.9 Å². The van der Waals surface area contributed by atoms with Gasteiger partial charge in [0, 0.05) is 17.2 Å². The highest BCUT2D eigenvalue weighted by atomic mass is 79.9. The van der Waals surface area contributed by atoms with Crippen molar-refractivity contribution < 1.29 is 0 Å². The van der Waals surface area contributed by atoms with Gasteiger partial charge in [0.25, 0.3) is 0 Å². The number of hydrogen-bond acceptors (Lipinski definition) is 1. The van der Waals surface area contributed by atoms with Gasteiger partial charge in [0.2, 0.25) is 0 Å². The SMILES string of the molecule is Cc1cncc(C2CC(Br)CCC2C)c1. The summed E-state index contributed by atoms with van der Waals surface area (Å²) in [7, 11) is 0. The normalized spacial score (nSPS) is 31.5. The topological polar surface area (TPSA) is 12.9 Å². The zero-order chi connectivity index (χ0) is 10.8. The van der Waals surface area contributed by atoms with Crippen LogP contribution >= 0.6 is 15.9 Å². The highest BCUT2D eigenvalue weighted by molar-refractivity contribution is 9.09. The van der Waals surface area contributed by atoms with Crippen molar-refractivity contribution in [3.05, 3.63) is 29.6 Å². The third-order valence-electron chi connectivity index (χ3n) is 3.46. The molecule has 1 aromatic heterocycles. The largest absolute Gasteiger partial charge is 0.264 e. The monoisotopic (exact) mass is 267 g/mol. The fraction of sp³-hybridized carbons (Fsp3) is 0.615. The number of hydrogen-bond donors (Lipinski definition) is 0. The van der Waals surface area contributed by atoms with Gasteiger partial charge in [-0.2, -0.15) is 0 Å². The molecule has 3 unspecified atom stereocenters. The zero-order valence-corrected chi connectivity index (χ0v) is 11.0. The molecule has 3 atom stereocenters. The van der Waals surface area contributed by atoms with E-state index in [0.717, 1.165) is 5.92 Å². The summed E-state index contributed by atoms with van der Waals surface area (Å²) in [5.41, 5.74) is 2.70. The molecule has 0 saturated heterocycles. The fourth-order valence-electron chi connectivity index (χ4n) is 2.52. The van der Waals surface area contributed by atoms with E-state index in [4.69, 9.17) is 0 Å². The number of alkyl halides is 1. The lowest BCUT2D eigenvalue weighted by molar-refractivity contribution is 0.339. The van der Waals surface area contributed by atoms with Crippen molar-refractivity contribution in [3.8, 4) is 0 Å². The number of pyridine rings is 1. The number of aromatic nitrogens is 1. The predicted molar refractivity (Wildman–Crippen MR) is 67.4 cm³/mol. The van der Waals surface area contributed by atoms with Crippen LogP contribution in [0.5, 0.6) is 0 Å². The van der Waals surface area contributed by atoms with Crippen LogP contribution in [0.15, 0.2) is 18.5 Å². The molecular formula is C13H18BrN. The Kier molecular flexibility index (Phi) is 3.45. The Bertz CT molecular complexity index is 337. The van der Waals surface area contributed by atoms with Crippen LogP contribution in [-0.2, 0) is 0 Å². The molecule has 0 amide bonds. The Morgan fingerprint density at radius 3 is 2.87 bits per heavy atom. The third kappa shape index (κ3) is 2.60. The first kappa shape index (κ1) is 11.1. The number of nitrogens with zero attached hydrogens (tertiary/aromatic N) is 1. The van der Waals surface area contributed by atoms with Crippen molar-refractivity contribution in [3.63, 3.8) is 0 Å². The molecule has 1 heterocycles. The third-order valence-corrected chi connectivity index (χ3v) is 4.29. The maximum absolute atomic E-state index is 4.30. The van der Waals surface area contributed by atoms with Crippen LogP contribution in [0.1, 0.15) is 43.2 Å². The summed E-state index contributed by atoms with van der Waals surface area (Å²) in [6.45, 7) is 4.49. The van der Waals surface area contributed by atoms with E-state index in [2.05, 4.69) is 40.8 Å². The lowest BCUT2D eigenvalue weighted by Gasteiger charge is -2.32. The molecule has 0 aliphatic heterocycles. The molecule has 0 aromatic carbocycles. The maximum atomic E-state index is 4.30. The Labute approximate surface area is 100 Å². The minimum Gasteiger partial charge on any atom is -0.264 e. The fourth-order valence-corrected chi connectivity index (χ4v) is 3.18. The molecule has 0 bridgehead atoms. The number of halogens is 1. The quantitative estimate of drug-likeness (QED) is 0.700. The second-order valence-electron chi connectivity index (χ2n) is 4.79. The van der Waals surface area contributed by atoms with Crippen LogP contribution in [0.2, 0.25) is 0 Å². The molecule has 82 valence electrons. The van der Waals surface area contributed by atoms with E-state index < -0.39 is 0 Å². The molecule has 0 N–H and O–H groups in total. The van der Waals surface area contributed by atoms with E-state index in [1.165, 1.54) is 30.4 Å². The molecule has 1 aromatic rings. The zero-order valence-electron chi connectivity index (χ0n) is 9.41. The molecule has 2 rings (SSSR count). The van der Waals surface area contributed by atoms with Crippen LogP contribution < -0.4 is 0 Å². The van der Waals surface area contributed by atoms with Crippen LogP contribution in [-0.4, -0.2) is 9.81 Å². The van der Waals surface area contributed by atoms with Gasteiger partial charge in [0.1, 0.15) is 0 Å². The van der Waals surface area contributed by atoms with Crippen LogP contribution in [0.4, 0.5) is 0 Å². The van der Waals surface area contributed by atoms with Gasteiger partial charge in [-0.3, -0.25) is 4.98 Å². The minimum atomic E-state index is 0.690. The first-order chi connectivity index (χ1) is 7.16. The molecule has 0 spiro atoms. The second kappa shape index (κ2) is 4.65. The molecule has 1 fully saturated rings. The lowest BCUT2D eigenvalue weighted by Crippen LogP contribution is -2.21. The standard InChI is InChI=1S/C13H18BrN/c1-9-5-11(8-15-7-9)13-6-12(14)4-3-10(13)2/h5,7-8,10,12-13H,3-4,6H2,1-2H3. The molecule has 1 saturated carbocycles. The first-order valence-corrected chi connectivity index (χ1v) is 6.64. The molecule has 1 aliphatic rings. The maximum Gasteiger partial charge on any atom is 0.0303 e. The van der Waals surface area contributed by atoms with Crippen molar-refractivity contribution >= 4 is 15.9 Å². The lowest BCUT2D eigenvalue weighted by atomic mass is 9.77. The average molecular weight is 268 g/mol. The van der Waals surface area contributed by atoms with Gasteiger partial charge in [-0.15, -0.1) is 0 Å². The highest BCUT2D eigenvalue weighted by Gasteiger charge is 2.27. The summed E-state index contributed by atoms with van der Waals surface area (Å²) in [6, 6.07) is 2.29. The molecular weight excluding hydrogens is 250 g/mol. The summed E-state index contributed by atoms with van der Waals surface area (Å²) < 4.78 is 0. The van der Waals surface area contributed by atoms with Crippen molar-refractivity contribution in [2.24, 2.45) is 5.92 Å². The van der Waals surface area contributed by atoms with E-state index in [-0.39, 0.29) is 0 Å². The van der Waals surface area contributed by atoms with Gasteiger partial charge in [0.05, 0.1) is 0 Å². The van der Waals surface area contributed by atoms with Gasteiger partial charge in [-0.05, 0) is 49.1 Å². The smallest absolute Gasteiger partial charge is 0.0303 e. The molecule has 15 heavy (non-hydrogen) atoms. The Hall–Kier alpha value is -0.370. The van der Waals surface area contributed by atoms with Gasteiger partial charge < -0.3 is 0 Å². The number of aryl methyl sites for hydroxylation is 1. The molecule has 1 nitrogen and oxygen atoms in total. The number of rotatable bonds is 1. The van der Waals surface area contributed by atoms with Crippen molar-refractivity contribution in [1.82, 2.24) is 4.98 Å². The summed E-state index contributed by atoms with van der Waals surface area (Å²) in [5, 5.41) is 0.